The maximum atomic E-state index is 5.71. The van der Waals surface area contributed by atoms with Crippen LogP contribution in [0.5, 0.6) is 5.75 Å². The number of rotatable bonds is 10. The molecule has 4 aromatic rings. The van der Waals surface area contributed by atoms with Crippen molar-refractivity contribution in [2.45, 2.75) is 26.1 Å². The van der Waals surface area contributed by atoms with Gasteiger partial charge in [0.25, 0.3) is 0 Å². The van der Waals surface area contributed by atoms with Crippen LogP contribution in [0.15, 0.2) is 95.5 Å². The van der Waals surface area contributed by atoms with Crippen molar-refractivity contribution in [3.8, 4) is 5.75 Å². The first kappa shape index (κ1) is 19.9. The minimum Gasteiger partial charge on any atom is -0.485 e. The Labute approximate surface area is 176 Å². The second-order valence-electron chi connectivity index (χ2n) is 7.14. The monoisotopic (exact) mass is 399 g/mol. The molecule has 0 fully saturated rings. The van der Waals surface area contributed by atoms with Gasteiger partial charge in [-0.2, -0.15) is 4.98 Å². The maximum Gasteiger partial charge on any atom is 0.240 e. The quantitative estimate of drug-likeness (QED) is 0.380. The average molecular weight is 399 g/mol. The molecule has 0 atom stereocenters. The summed E-state index contributed by atoms with van der Waals surface area (Å²) in [5.74, 6) is 1.94. The van der Waals surface area contributed by atoms with E-state index in [4.69, 9.17) is 9.26 Å². The van der Waals surface area contributed by atoms with Crippen LogP contribution in [0.2, 0.25) is 0 Å². The Bertz CT molecular complexity index is 1000. The zero-order valence-corrected chi connectivity index (χ0v) is 16.9. The minimum atomic E-state index is 0.288. The van der Waals surface area contributed by atoms with Crippen LogP contribution >= 0.6 is 0 Å². The van der Waals surface area contributed by atoms with E-state index in [0.717, 1.165) is 25.3 Å². The summed E-state index contributed by atoms with van der Waals surface area (Å²) >= 11 is 0. The van der Waals surface area contributed by atoms with E-state index >= 15 is 0 Å². The standard InChI is InChI=1S/C25H25N3O2/c1-4-10-21(11-5-1)16-17-28(18-22-12-6-2-7-13-22)19-25-26-24(27-30-25)20-29-23-14-8-3-9-15-23/h1-15H,16-20H2. The van der Waals surface area contributed by atoms with Gasteiger partial charge in [-0.05, 0) is 29.7 Å². The van der Waals surface area contributed by atoms with Gasteiger partial charge in [-0.15, -0.1) is 0 Å². The van der Waals surface area contributed by atoms with Gasteiger partial charge in [0.05, 0.1) is 6.54 Å². The Morgan fingerprint density at radius 2 is 1.37 bits per heavy atom. The first-order chi connectivity index (χ1) is 14.8. The maximum absolute atomic E-state index is 5.71. The summed E-state index contributed by atoms with van der Waals surface area (Å²) in [7, 11) is 0. The molecule has 4 rings (SSSR count). The van der Waals surface area contributed by atoms with Crippen molar-refractivity contribution >= 4 is 0 Å². The fourth-order valence-corrected chi connectivity index (χ4v) is 3.26. The molecule has 0 spiro atoms. The first-order valence-corrected chi connectivity index (χ1v) is 10.1. The highest BCUT2D eigenvalue weighted by molar-refractivity contribution is 5.21. The lowest BCUT2D eigenvalue weighted by Crippen LogP contribution is -2.25. The highest BCUT2D eigenvalue weighted by Crippen LogP contribution is 2.13. The number of hydrogen-bond donors (Lipinski definition) is 0. The second kappa shape index (κ2) is 10.4. The largest absolute Gasteiger partial charge is 0.485 e. The Kier molecular flexibility index (Phi) is 6.86. The fraction of sp³-hybridized carbons (Fsp3) is 0.200. The molecule has 1 heterocycles. The molecule has 0 radical (unpaired) electrons. The number of nitrogens with zero attached hydrogens (tertiary/aromatic N) is 3. The molecule has 0 saturated heterocycles. The molecule has 5 heteroatoms. The molecule has 0 amide bonds. The molecule has 0 unspecified atom stereocenters. The molecule has 3 aromatic carbocycles. The summed E-state index contributed by atoms with van der Waals surface area (Å²) in [5.41, 5.74) is 2.58. The van der Waals surface area contributed by atoms with Crippen LogP contribution in [0.4, 0.5) is 0 Å². The number of hydrogen-bond acceptors (Lipinski definition) is 5. The topological polar surface area (TPSA) is 51.4 Å². The number of ether oxygens (including phenoxy) is 1. The normalized spacial score (nSPS) is 11.0. The fourth-order valence-electron chi connectivity index (χ4n) is 3.26. The smallest absolute Gasteiger partial charge is 0.240 e. The van der Waals surface area contributed by atoms with Gasteiger partial charge >= 0.3 is 0 Å². The third-order valence-electron chi connectivity index (χ3n) is 4.79. The van der Waals surface area contributed by atoms with E-state index in [0.29, 0.717) is 18.3 Å². The summed E-state index contributed by atoms with van der Waals surface area (Å²) < 4.78 is 11.2. The average Bonchev–Trinajstić information content (AvgIpc) is 3.25. The van der Waals surface area contributed by atoms with Gasteiger partial charge in [0, 0.05) is 13.1 Å². The SMILES string of the molecule is c1ccc(CCN(Cc2ccccc2)Cc2nc(COc3ccccc3)no2)cc1. The van der Waals surface area contributed by atoms with Gasteiger partial charge in [0.15, 0.2) is 6.61 Å². The zero-order chi connectivity index (χ0) is 20.4. The van der Waals surface area contributed by atoms with Gasteiger partial charge in [0.2, 0.25) is 11.7 Å². The van der Waals surface area contributed by atoms with Crippen molar-refractivity contribution in [3.05, 3.63) is 114 Å². The van der Waals surface area contributed by atoms with Crippen molar-refractivity contribution in [2.24, 2.45) is 0 Å². The van der Waals surface area contributed by atoms with E-state index in [9.17, 15) is 0 Å². The molecular weight excluding hydrogens is 374 g/mol. The molecule has 0 saturated carbocycles. The Morgan fingerprint density at radius 1 is 0.733 bits per heavy atom. The van der Waals surface area contributed by atoms with Crippen LogP contribution in [0.1, 0.15) is 22.8 Å². The number of para-hydroxylation sites is 1. The molecule has 0 bridgehead atoms. The van der Waals surface area contributed by atoms with Gasteiger partial charge < -0.3 is 9.26 Å². The van der Waals surface area contributed by atoms with E-state index in [1.807, 2.05) is 42.5 Å². The molecule has 0 aliphatic rings. The van der Waals surface area contributed by atoms with E-state index in [2.05, 4.69) is 63.6 Å². The van der Waals surface area contributed by atoms with E-state index in [1.165, 1.54) is 11.1 Å². The lowest BCUT2D eigenvalue weighted by atomic mass is 10.1. The van der Waals surface area contributed by atoms with Gasteiger partial charge in [-0.1, -0.05) is 84.0 Å². The van der Waals surface area contributed by atoms with Crippen LogP contribution in [0.3, 0.4) is 0 Å². The highest BCUT2D eigenvalue weighted by atomic mass is 16.5. The summed E-state index contributed by atoms with van der Waals surface area (Å²) in [4.78, 5) is 6.85. The van der Waals surface area contributed by atoms with Crippen molar-refractivity contribution < 1.29 is 9.26 Å². The Hall–Kier alpha value is -3.44. The molecular formula is C25H25N3O2. The van der Waals surface area contributed by atoms with Gasteiger partial charge in [-0.3, -0.25) is 4.90 Å². The molecule has 0 aliphatic carbocycles. The Morgan fingerprint density at radius 3 is 2.07 bits per heavy atom. The summed E-state index contributed by atoms with van der Waals surface area (Å²) in [6.07, 6.45) is 0.964. The molecule has 0 aliphatic heterocycles. The molecule has 30 heavy (non-hydrogen) atoms. The number of aromatic nitrogens is 2. The summed E-state index contributed by atoms with van der Waals surface area (Å²) in [6, 6.07) is 30.6. The van der Waals surface area contributed by atoms with E-state index in [1.54, 1.807) is 0 Å². The predicted octanol–water partition coefficient (Wildman–Crippen LogP) is 4.89. The molecule has 5 nitrogen and oxygen atoms in total. The van der Waals surface area contributed by atoms with Crippen molar-refractivity contribution in [3.63, 3.8) is 0 Å². The minimum absolute atomic E-state index is 0.288. The zero-order valence-electron chi connectivity index (χ0n) is 16.9. The van der Waals surface area contributed by atoms with Crippen LogP contribution in [-0.2, 0) is 26.1 Å². The lowest BCUT2D eigenvalue weighted by Gasteiger charge is -2.20. The third-order valence-corrected chi connectivity index (χ3v) is 4.79. The van der Waals surface area contributed by atoms with Crippen LogP contribution < -0.4 is 4.74 Å². The van der Waals surface area contributed by atoms with Gasteiger partial charge in [-0.25, -0.2) is 0 Å². The van der Waals surface area contributed by atoms with Crippen LogP contribution in [-0.4, -0.2) is 21.6 Å². The van der Waals surface area contributed by atoms with Crippen molar-refractivity contribution in [1.29, 1.82) is 0 Å². The van der Waals surface area contributed by atoms with Crippen molar-refractivity contribution in [2.75, 3.05) is 6.54 Å². The summed E-state index contributed by atoms with van der Waals surface area (Å²) in [6.45, 7) is 2.61. The predicted molar refractivity (Wildman–Crippen MR) is 116 cm³/mol. The van der Waals surface area contributed by atoms with E-state index in [-0.39, 0.29) is 6.61 Å². The van der Waals surface area contributed by atoms with Crippen LogP contribution in [0.25, 0.3) is 0 Å². The lowest BCUT2D eigenvalue weighted by molar-refractivity contribution is 0.220. The van der Waals surface area contributed by atoms with Crippen molar-refractivity contribution in [1.82, 2.24) is 15.0 Å². The third kappa shape index (κ3) is 6.03. The molecule has 152 valence electrons. The van der Waals surface area contributed by atoms with Crippen LogP contribution in [0, 0.1) is 0 Å². The molecule has 1 aromatic heterocycles. The Balaban J connectivity index is 1.38. The number of benzene rings is 3. The summed E-state index contributed by atoms with van der Waals surface area (Å²) in [5, 5.41) is 4.07. The van der Waals surface area contributed by atoms with E-state index < -0.39 is 0 Å². The highest BCUT2D eigenvalue weighted by Gasteiger charge is 2.13. The molecule has 0 N–H and O–H groups in total. The second-order valence-corrected chi connectivity index (χ2v) is 7.14. The first-order valence-electron chi connectivity index (χ1n) is 10.1. The van der Waals surface area contributed by atoms with Gasteiger partial charge in [0.1, 0.15) is 5.75 Å².